The first-order chi connectivity index (χ1) is 2.41. The van der Waals surface area contributed by atoms with Gasteiger partial charge < -0.3 is 0 Å². The van der Waals surface area contributed by atoms with Crippen molar-refractivity contribution in [1.29, 1.82) is 0 Å². The molecule has 0 atom stereocenters. The average molecular weight is 71.1 g/mol. The van der Waals surface area contributed by atoms with E-state index in [1.54, 1.807) is 12.4 Å². The monoisotopic (exact) mass is 71.0 g/mol. The number of rotatable bonds is 0. The fourth-order valence-corrected chi connectivity index (χ4v) is 0.0559. The minimum absolute atomic E-state index is 1.63. The van der Waals surface area contributed by atoms with Gasteiger partial charge in [0.05, 0.1) is 0 Å². The van der Waals surface area contributed by atoms with E-state index in [9.17, 15) is 0 Å². The quantitative estimate of drug-likeness (QED) is 0.238. The lowest BCUT2D eigenvalue weighted by atomic mass is 10.8. The fourth-order valence-electron chi connectivity index (χ4n) is 0.0559. The van der Waals surface area contributed by atoms with E-state index >= 15 is 0 Å². The number of nitrogens with one attached hydrogen (secondary N) is 1. The van der Waals surface area contributed by atoms with Crippen LogP contribution in [-0.4, -0.2) is 5.21 Å². The van der Waals surface area contributed by atoms with Crippen LogP contribution in [0.3, 0.4) is 0 Å². The second-order valence-corrected chi connectivity index (χ2v) is 0.487. The topological polar surface area (TPSA) is 32.3 Å². The van der Waals surface area contributed by atoms with Gasteiger partial charge in [0.2, 0.25) is 0 Å². The lowest BCUT2D eigenvalue weighted by Gasteiger charge is -1.67. The van der Waals surface area contributed by atoms with Crippen molar-refractivity contribution in [1.82, 2.24) is 5.48 Å². The van der Waals surface area contributed by atoms with E-state index in [4.69, 9.17) is 5.21 Å². The van der Waals surface area contributed by atoms with Gasteiger partial charge in [0, 0.05) is 6.04 Å². The number of hydrogen-bond acceptors (Lipinski definition) is 2. The predicted octanol–water partition coefficient (Wildman–Crippen LogP) is -0.0540. The summed E-state index contributed by atoms with van der Waals surface area (Å²) < 4.78 is 0. The minimum Gasteiger partial charge on any atom is -0.283 e. The molecule has 0 aromatic rings. The molecule has 0 unspecified atom stereocenters. The van der Waals surface area contributed by atoms with Crippen molar-refractivity contribution < 1.29 is 5.21 Å². The molecule has 0 saturated carbocycles. The molecule has 5 heavy (non-hydrogen) atoms. The van der Waals surface area contributed by atoms with Crippen LogP contribution in [0.2, 0.25) is 0 Å². The van der Waals surface area contributed by atoms with E-state index in [-0.39, 0.29) is 0 Å². The molecule has 0 spiro atoms. The molecule has 28 valence electrons. The maximum Gasteiger partial charge on any atom is 0.0301 e. The van der Waals surface area contributed by atoms with Crippen LogP contribution in [-0.2, 0) is 0 Å². The summed E-state index contributed by atoms with van der Waals surface area (Å²) in [5.41, 5.74) is 1.66. The third-order valence-electron chi connectivity index (χ3n) is 0.181. The van der Waals surface area contributed by atoms with Crippen LogP contribution in [0.5, 0.6) is 0 Å². The molecule has 0 fully saturated rings. The molecule has 0 heterocycles. The van der Waals surface area contributed by atoms with Gasteiger partial charge in [-0.05, 0) is 6.92 Å². The van der Waals surface area contributed by atoms with Crippen LogP contribution in [0.4, 0.5) is 0 Å². The first-order valence-corrected chi connectivity index (χ1v) is 1.22. The number of hydroxylamine groups is 1. The van der Waals surface area contributed by atoms with Crippen LogP contribution < -0.4 is 5.48 Å². The Morgan fingerprint density at radius 1 is 1.80 bits per heavy atom. The Balaban J connectivity index is 2.81. The highest BCUT2D eigenvalue weighted by atomic mass is 16.5. The third kappa shape index (κ3) is 3.32. The Labute approximate surface area is 30.8 Å². The lowest BCUT2D eigenvalue weighted by Crippen LogP contribution is -1.92. The standard InChI is InChI=1S/C3H5NO/c1-2-3-4-5/h4-5H,1H3. The van der Waals surface area contributed by atoms with Gasteiger partial charge in [-0.25, -0.2) is 5.48 Å². The predicted molar refractivity (Wildman–Crippen MR) is 18.4 cm³/mol. The van der Waals surface area contributed by atoms with E-state index < -0.39 is 0 Å². The Kier molecular flexibility index (Phi) is 2.87. The molecule has 2 N–H and O–H groups in total. The van der Waals surface area contributed by atoms with Gasteiger partial charge in [-0.2, -0.15) is 0 Å². The first kappa shape index (κ1) is 4.32. The Hall–Kier alpha value is -0.680. The first-order valence-electron chi connectivity index (χ1n) is 1.22. The van der Waals surface area contributed by atoms with Crippen molar-refractivity contribution in [2.24, 2.45) is 0 Å². The molecule has 0 aliphatic heterocycles. The molecular formula is C3H5NO. The molecule has 0 radical (unpaired) electrons. The van der Waals surface area contributed by atoms with E-state index in [1.165, 1.54) is 0 Å². The highest BCUT2D eigenvalue weighted by Crippen LogP contribution is 1.35. The van der Waals surface area contributed by atoms with E-state index in [1.807, 2.05) is 0 Å². The summed E-state index contributed by atoms with van der Waals surface area (Å²) in [7, 11) is 0. The normalized spacial score (nSPS) is 4.40. The summed E-state index contributed by atoms with van der Waals surface area (Å²) in [6, 6.07) is 2.17. The van der Waals surface area contributed by atoms with Gasteiger partial charge in [-0.1, -0.05) is 5.92 Å². The summed E-state index contributed by atoms with van der Waals surface area (Å²) in [6.45, 7) is 1.63. The second-order valence-electron chi connectivity index (χ2n) is 0.487. The minimum atomic E-state index is 1.63. The van der Waals surface area contributed by atoms with Crippen molar-refractivity contribution in [2.75, 3.05) is 0 Å². The zero-order valence-electron chi connectivity index (χ0n) is 2.95. The average Bonchev–Trinajstić information content (AvgIpc) is 1.41. The molecular weight excluding hydrogens is 66.0 g/mol. The molecule has 0 aliphatic carbocycles. The van der Waals surface area contributed by atoms with Crippen LogP contribution >= 0.6 is 0 Å². The van der Waals surface area contributed by atoms with Crippen LogP contribution in [0.1, 0.15) is 6.92 Å². The number of hydrogen-bond donors (Lipinski definition) is 2. The summed E-state index contributed by atoms with van der Waals surface area (Å²) in [5.74, 6) is 2.41. The van der Waals surface area contributed by atoms with Crippen LogP contribution in [0.15, 0.2) is 0 Å². The molecule has 0 aromatic heterocycles. The van der Waals surface area contributed by atoms with Gasteiger partial charge in [-0.15, -0.1) is 0 Å². The summed E-state index contributed by atoms with van der Waals surface area (Å²) >= 11 is 0. The smallest absolute Gasteiger partial charge is 0.0301 e. The maximum absolute atomic E-state index is 7.64. The Bertz CT molecular complexity index is 59.0. The highest BCUT2D eigenvalue weighted by molar-refractivity contribution is 4.88. The third-order valence-corrected chi connectivity index (χ3v) is 0.181. The lowest BCUT2D eigenvalue weighted by molar-refractivity contribution is 0.224. The van der Waals surface area contributed by atoms with Gasteiger partial charge in [0.25, 0.3) is 0 Å². The molecule has 0 aromatic carbocycles. The van der Waals surface area contributed by atoms with Crippen molar-refractivity contribution in [3.05, 3.63) is 0 Å². The van der Waals surface area contributed by atoms with Gasteiger partial charge in [0.15, 0.2) is 0 Å². The van der Waals surface area contributed by atoms with Gasteiger partial charge >= 0.3 is 0 Å². The van der Waals surface area contributed by atoms with E-state index in [2.05, 4.69) is 12.0 Å². The van der Waals surface area contributed by atoms with Crippen LogP contribution in [0, 0.1) is 12.0 Å². The van der Waals surface area contributed by atoms with Crippen molar-refractivity contribution in [2.45, 2.75) is 6.92 Å². The van der Waals surface area contributed by atoms with E-state index in [0.717, 1.165) is 0 Å². The maximum atomic E-state index is 7.64. The summed E-state index contributed by atoms with van der Waals surface area (Å²) in [4.78, 5) is 0. The zero-order valence-corrected chi connectivity index (χ0v) is 2.95. The molecule has 0 amide bonds. The Morgan fingerprint density at radius 3 is 2.40 bits per heavy atom. The van der Waals surface area contributed by atoms with Crippen LogP contribution in [0.25, 0.3) is 0 Å². The molecule has 0 saturated heterocycles. The molecule has 0 aliphatic rings. The Morgan fingerprint density at radius 2 is 2.40 bits per heavy atom. The zero-order chi connectivity index (χ0) is 4.12. The SMILES string of the molecule is CC#CNO. The summed E-state index contributed by atoms with van der Waals surface area (Å²) in [5, 5.41) is 7.64. The molecule has 2 nitrogen and oxygen atoms in total. The molecule has 0 bridgehead atoms. The fraction of sp³-hybridized carbons (Fsp3) is 0.333. The molecule has 2 heteroatoms. The van der Waals surface area contributed by atoms with E-state index in [0.29, 0.717) is 0 Å². The summed E-state index contributed by atoms with van der Waals surface area (Å²) in [6.07, 6.45) is 0. The largest absolute Gasteiger partial charge is 0.283 e. The second kappa shape index (κ2) is 3.32. The van der Waals surface area contributed by atoms with Gasteiger partial charge in [-0.3, -0.25) is 5.21 Å². The van der Waals surface area contributed by atoms with Crippen molar-refractivity contribution in [3.8, 4) is 12.0 Å². The molecule has 0 rings (SSSR count). The van der Waals surface area contributed by atoms with Crippen molar-refractivity contribution in [3.63, 3.8) is 0 Å². The van der Waals surface area contributed by atoms with Gasteiger partial charge in [0.1, 0.15) is 0 Å². The van der Waals surface area contributed by atoms with Crippen molar-refractivity contribution >= 4 is 0 Å². The highest BCUT2D eigenvalue weighted by Gasteiger charge is 1.41.